The molecule has 5 heteroatoms. The van der Waals surface area contributed by atoms with Crippen molar-refractivity contribution in [1.82, 2.24) is 9.99 Å². The molecule has 0 unspecified atom stereocenters. The predicted molar refractivity (Wildman–Crippen MR) is 132 cm³/mol. The number of fused-ring (bicyclic) bond motifs is 1. The van der Waals surface area contributed by atoms with Crippen LogP contribution in [0, 0.1) is 24.3 Å². The first-order chi connectivity index (χ1) is 14.5. The highest BCUT2D eigenvalue weighted by Gasteiger charge is 2.11. The number of aryl methyl sites for hydroxylation is 2. The summed E-state index contributed by atoms with van der Waals surface area (Å²) in [5, 5.41) is 6.18. The van der Waals surface area contributed by atoms with Crippen LogP contribution in [0.15, 0.2) is 71.8 Å². The fourth-order valence-electron chi connectivity index (χ4n) is 3.73. The van der Waals surface area contributed by atoms with Gasteiger partial charge < -0.3 is 4.57 Å². The molecule has 30 heavy (non-hydrogen) atoms. The summed E-state index contributed by atoms with van der Waals surface area (Å²) in [6, 6.07) is 22.1. The van der Waals surface area contributed by atoms with Crippen LogP contribution in [0.5, 0.6) is 0 Å². The standard InChI is InChI=1S/C25H22IN3O/c1-16-13-21(11-12-24(16)26)29-17(2)14-20(18(29)3)15-27-28-25(30)23-10-6-8-19-7-4-5-9-22(19)23/h4-15H,1-3H3,(H,28,30). The Morgan fingerprint density at radius 2 is 1.77 bits per heavy atom. The fraction of sp³-hybridized carbons (Fsp3) is 0.120. The topological polar surface area (TPSA) is 46.4 Å². The Kier molecular flexibility index (Phi) is 5.72. The van der Waals surface area contributed by atoms with Gasteiger partial charge in [0.1, 0.15) is 0 Å². The molecule has 0 bridgehead atoms. The van der Waals surface area contributed by atoms with Crippen molar-refractivity contribution in [3.8, 4) is 5.69 Å². The SMILES string of the molecule is Cc1cc(-n2c(C)cc(C=NNC(=O)c3cccc4ccccc34)c2C)ccc1I. The third-order valence-corrected chi connectivity index (χ3v) is 6.48. The number of aromatic nitrogens is 1. The molecular formula is C25H22IN3O. The summed E-state index contributed by atoms with van der Waals surface area (Å²) in [4.78, 5) is 12.7. The van der Waals surface area contributed by atoms with Gasteiger partial charge in [-0.2, -0.15) is 5.10 Å². The number of hydrogen-bond donors (Lipinski definition) is 1. The molecule has 1 aromatic heterocycles. The summed E-state index contributed by atoms with van der Waals surface area (Å²) in [5.41, 5.74) is 8.84. The molecule has 0 aliphatic heterocycles. The van der Waals surface area contributed by atoms with Crippen molar-refractivity contribution >= 4 is 45.5 Å². The van der Waals surface area contributed by atoms with Gasteiger partial charge in [-0.05, 0) is 90.0 Å². The lowest BCUT2D eigenvalue weighted by Gasteiger charge is -2.11. The Morgan fingerprint density at radius 1 is 1.00 bits per heavy atom. The first-order valence-electron chi connectivity index (χ1n) is 9.72. The van der Waals surface area contributed by atoms with Gasteiger partial charge in [0.05, 0.1) is 6.21 Å². The van der Waals surface area contributed by atoms with Crippen LogP contribution in [0.4, 0.5) is 0 Å². The number of amides is 1. The maximum absolute atomic E-state index is 12.7. The van der Waals surface area contributed by atoms with Crippen molar-refractivity contribution in [2.75, 3.05) is 0 Å². The Labute approximate surface area is 189 Å². The Morgan fingerprint density at radius 3 is 2.57 bits per heavy atom. The van der Waals surface area contributed by atoms with E-state index < -0.39 is 0 Å². The van der Waals surface area contributed by atoms with Crippen molar-refractivity contribution in [2.45, 2.75) is 20.8 Å². The van der Waals surface area contributed by atoms with Crippen LogP contribution in [0.3, 0.4) is 0 Å². The summed E-state index contributed by atoms with van der Waals surface area (Å²) in [5.74, 6) is -0.217. The van der Waals surface area contributed by atoms with Crippen LogP contribution in [0.25, 0.3) is 16.5 Å². The Balaban J connectivity index is 1.57. The molecule has 0 spiro atoms. The maximum atomic E-state index is 12.7. The van der Waals surface area contributed by atoms with E-state index in [-0.39, 0.29) is 5.91 Å². The molecule has 150 valence electrons. The zero-order valence-electron chi connectivity index (χ0n) is 17.1. The van der Waals surface area contributed by atoms with E-state index in [0.29, 0.717) is 5.56 Å². The molecule has 0 saturated heterocycles. The highest BCUT2D eigenvalue weighted by atomic mass is 127. The van der Waals surface area contributed by atoms with Crippen LogP contribution in [0.1, 0.15) is 32.9 Å². The molecule has 0 radical (unpaired) electrons. The number of hydrazone groups is 1. The monoisotopic (exact) mass is 507 g/mol. The minimum absolute atomic E-state index is 0.217. The van der Waals surface area contributed by atoms with E-state index >= 15 is 0 Å². The van der Waals surface area contributed by atoms with Gasteiger partial charge in [0.15, 0.2) is 0 Å². The second-order valence-corrected chi connectivity index (χ2v) is 8.48. The molecule has 4 rings (SSSR count). The molecule has 3 aromatic carbocycles. The molecule has 4 nitrogen and oxygen atoms in total. The minimum Gasteiger partial charge on any atom is -0.318 e. The normalized spacial score (nSPS) is 11.3. The van der Waals surface area contributed by atoms with Gasteiger partial charge in [-0.3, -0.25) is 4.79 Å². The van der Waals surface area contributed by atoms with Crippen molar-refractivity contribution in [3.05, 3.63) is 98.4 Å². The molecule has 1 amide bonds. The summed E-state index contributed by atoms with van der Waals surface area (Å²) in [6.07, 6.45) is 1.71. The predicted octanol–water partition coefficient (Wildman–Crippen LogP) is 5.92. The van der Waals surface area contributed by atoms with Gasteiger partial charge in [0.25, 0.3) is 5.91 Å². The van der Waals surface area contributed by atoms with Crippen LogP contribution in [0.2, 0.25) is 0 Å². The number of benzene rings is 3. The van der Waals surface area contributed by atoms with E-state index in [1.54, 1.807) is 6.21 Å². The molecule has 0 atom stereocenters. The first kappa shape index (κ1) is 20.3. The number of rotatable bonds is 4. The van der Waals surface area contributed by atoms with E-state index in [0.717, 1.165) is 33.4 Å². The first-order valence-corrected chi connectivity index (χ1v) is 10.8. The van der Waals surface area contributed by atoms with E-state index in [1.807, 2.05) is 42.5 Å². The van der Waals surface area contributed by atoms with Gasteiger partial charge in [-0.25, -0.2) is 5.43 Å². The Hall–Kier alpha value is -2.93. The molecule has 0 aliphatic carbocycles. The van der Waals surface area contributed by atoms with Crippen molar-refractivity contribution in [3.63, 3.8) is 0 Å². The van der Waals surface area contributed by atoms with Gasteiger partial charge in [-0.1, -0.05) is 36.4 Å². The smallest absolute Gasteiger partial charge is 0.271 e. The van der Waals surface area contributed by atoms with Gasteiger partial charge in [0, 0.05) is 31.8 Å². The zero-order valence-corrected chi connectivity index (χ0v) is 19.3. The van der Waals surface area contributed by atoms with Crippen molar-refractivity contribution in [2.24, 2.45) is 5.10 Å². The summed E-state index contributed by atoms with van der Waals surface area (Å²) in [7, 11) is 0. The Bertz CT molecular complexity index is 1280. The third kappa shape index (κ3) is 3.89. The van der Waals surface area contributed by atoms with E-state index in [9.17, 15) is 4.79 Å². The summed E-state index contributed by atoms with van der Waals surface area (Å²) < 4.78 is 3.45. The average Bonchev–Trinajstić information content (AvgIpc) is 3.02. The highest BCUT2D eigenvalue weighted by Crippen LogP contribution is 2.23. The van der Waals surface area contributed by atoms with Crippen LogP contribution < -0.4 is 5.43 Å². The lowest BCUT2D eigenvalue weighted by Crippen LogP contribution is -2.18. The maximum Gasteiger partial charge on any atom is 0.271 e. The minimum atomic E-state index is -0.217. The third-order valence-electron chi connectivity index (χ3n) is 5.27. The summed E-state index contributed by atoms with van der Waals surface area (Å²) in [6.45, 7) is 6.26. The van der Waals surface area contributed by atoms with Crippen LogP contribution in [-0.2, 0) is 0 Å². The fourth-order valence-corrected chi connectivity index (χ4v) is 4.06. The lowest BCUT2D eigenvalue weighted by atomic mass is 10.0. The van der Waals surface area contributed by atoms with Crippen molar-refractivity contribution in [1.29, 1.82) is 0 Å². The van der Waals surface area contributed by atoms with Gasteiger partial charge >= 0.3 is 0 Å². The largest absolute Gasteiger partial charge is 0.318 e. The van der Waals surface area contributed by atoms with Crippen LogP contribution >= 0.6 is 22.6 Å². The summed E-state index contributed by atoms with van der Waals surface area (Å²) >= 11 is 2.35. The lowest BCUT2D eigenvalue weighted by molar-refractivity contribution is 0.0957. The van der Waals surface area contributed by atoms with Gasteiger partial charge in [0.2, 0.25) is 0 Å². The quantitative estimate of drug-likeness (QED) is 0.208. The molecular weight excluding hydrogens is 485 g/mol. The van der Waals surface area contributed by atoms with E-state index in [1.165, 1.54) is 9.13 Å². The molecule has 0 aliphatic rings. The second-order valence-electron chi connectivity index (χ2n) is 7.32. The van der Waals surface area contributed by atoms with Crippen LogP contribution in [-0.4, -0.2) is 16.7 Å². The number of nitrogens with one attached hydrogen (secondary N) is 1. The number of carbonyl (C=O) groups excluding carboxylic acids is 1. The second kappa shape index (κ2) is 8.44. The number of hydrogen-bond acceptors (Lipinski definition) is 2. The molecule has 4 aromatic rings. The molecule has 0 fully saturated rings. The van der Waals surface area contributed by atoms with E-state index in [2.05, 4.69) is 82.7 Å². The molecule has 1 heterocycles. The average molecular weight is 507 g/mol. The number of halogens is 1. The van der Waals surface area contributed by atoms with Gasteiger partial charge in [-0.15, -0.1) is 0 Å². The number of nitrogens with zero attached hydrogens (tertiary/aromatic N) is 2. The molecule has 1 N–H and O–H groups in total. The zero-order chi connectivity index (χ0) is 21.3. The highest BCUT2D eigenvalue weighted by molar-refractivity contribution is 14.1. The van der Waals surface area contributed by atoms with E-state index in [4.69, 9.17) is 0 Å². The van der Waals surface area contributed by atoms with Crippen molar-refractivity contribution < 1.29 is 4.79 Å². The number of carbonyl (C=O) groups is 1. The molecule has 0 saturated carbocycles.